The zero-order chi connectivity index (χ0) is 19.6. The van der Waals surface area contributed by atoms with E-state index in [1.165, 1.54) is 4.90 Å². The molecule has 0 bridgehead atoms. The van der Waals surface area contributed by atoms with Crippen molar-refractivity contribution in [1.82, 2.24) is 0 Å². The molecule has 0 unspecified atom stereocenters. The minimum atomic E-state index is -1.04. The molecule has 1 aliphatic rings. The van der Waals surface area contributed by atoms with Crippen LogP contribution in [0.4, 0.5) is 5.69 Å². The second kappa shape index (κ2) is 7.74. The Morgan fingerprint density at radius 2 is 1.93 bits per heavy atom. The number of aliphatic imine (C=N–C) groups is 1. The zero-order valence-electron chi connectivity index (χ0n) is 15.8. The lowest BCUT2D eigenvalue weighted by Gasteiger charge is -2.25. The van der Waals surface area contributed by atoms with Crippen LogP contribution in [-0.4, -0.2) is 35.3 Å². The minimum Gasteiger partial charge on any atom is -0.480 e. The molecule has 0 aromatic heterocycles. The Morgan fingerprint density at radius 1 is 1.22 bits per heavy atom. The van der Waals surface area contributed by atoms with E-state index in [0.717, 1.165) is 28.8 Å². The molecule has 0 fully saturated rings. The summed E-state index contributed by atoms with van der Waals surface area (Å²) in [5.74, 6) is -1.30. The fourth-order valence-corrected chi connectivity index (χ4v) is 3.34. The third kappa shape index (κ3) is 3.77. The summed E-state index contributed by atoms with van der Waals surface area (Å²) < 4.78 is 0. The number of rotatable bonds is 5. The predicted molar refractivity (Wildman–Crippen MR) is 106 cm³/mol. The average Bonchev–Trinajstić information content (AvgIpc) is 2.77. The molecule has 27 heavy (non-hydrogen) atoms. The number of carbonyl (C=O) groups excluding carboxylic acids is 1. The Kier molecular flexibility index (Phi) is 5.40. The molecule has 1 amide bonds. The average molecular weight is 364 g/mol. The lowest BCUT2D eigenvalue weighted by atomic mass is 9.97. The molecule has 5 nitrogen and oxygen atoms in total. The van der Waals surface area contributed by atoms with Crippen LogP contribution in [0.15, 0.2) is 53.5 Å². The van der Waals surface area contributed by atoms with Crippen molar-refractivity contribution in [3.05, 3.63) is 65.2 Å². The molecule has 1 heterocycles. The first-order chi connectivity index (χ1) is 12.9. The van der Waals surface area contributed by atoms with Crippen molar-refractivity contribution in [2.75, 3.05) is 11.4 Å². The van der Waals surface area contributed by atoms with Crippen molar-refractivity contribution >= 4 is 23.3 Å². The van der Waals surface area contributed by atoms with Gasteiger partial charge in [-0.25, -0.2) is 0 Å². The summed E-state index contributed by atoms with van der Waals surface area (Å²) in [4.78, 5) is 31.0. The van der Waals surface area contributed by atoms with Gasteiger partial charge in [-0.15, -0.1) is 0 Å². The fourth-order valence-electron chi connectivity index (χ4n) is 3.34. The number of amides is 1. The molecule has 2 aromatic rings. The topological polar surface area (TPSA) is 70.0 Å². The van der Waals surface area contributed by atoms with Gasteiger partial charge in [0.05, 0.1) is 11.4 Å². The summed E-state index contributed by atoms with van der Waals surface area (Å²) in [6.07, 6.45) is 0.776. The number of fused-ring (bicyclic) bond motifs is 1. The molecule has 0 radical (unpaired) electrons. The Morgan fingerprint density at radius 3 is 2.56 bits per heavy atom. The Bertz CT molecular complexity index is 890. The van der Waals surface area contributed by atoms with Crippen LogP contribution in [0.25, 0.3) is 0 Å². The van der Waals surface area contributed by atoms with Crippen molar-refractivity contribution in [2.45, 2.75) is 33.2 Å². The molecule has 2 atom stereocenters. The molecule has 0 saturated carbocycles. The second-order valence-corrected chi connectivity index (χ2v) is 7.01. The van der Waals surface area contributed by atoms with E-state index in [-0.39, 0.29) is 18.4 Å². The van der Waals surface area contributed by atoms with Gasteiger partial charge < -0.3 is 5.11 Å². The van der Waals surface area contributed by atoms with Gasteiger partial charge in [-0.2, -0.15) is 0 Å². The van der Waals surface area contributed by atoms with Crippen LogP contribution in [0, 0.1) is 12.8 Å². The number of carbonyl (C=O) groups is 2. The highest BCUT2D eigenvalue weighted by Gasteiger charge is 2.35. The summed E-state index contributed by atoms with van der Waals surface area (Å²) >= 11 is 0. The highest BCUT2D eigenvalue weighted by molar-refractivity contribution is 6.20. The lowest BCUT2D eigenvalue weighted by molar-refractivity contribution is -0.136. The molecular formula is C22H24N2O3. The van der Waals surface area contributed by atoms with Gasteiger partial charge in [-0.3, -0.25) is 19.5 Å². The zero-order valence-corrected chi connectivity index (χ0v) is 15.8. The first kappa shape index (κ1) is 18.8. The summed E-state index contributed by atoms with van der Waals surface area (Å²) in [6, 6.07) is 14.8. The number of hydrogen-bond acceptors (Lipinski definition) is 3. The van der Waals surface area contributed by atoms with Crippen LogP contribution in [0.5, 0.6) is 0 Å². The quantitative estimate of drug-likeness (QED) is 0.880. The normalized spacial score (nSPS) is 17.7. The van der Waals surface area contributed by atoms with Crippen molar-refractivity contribution in [3.63, 3.8) is 0 Å². The second-order valence-electron chi connectivity index (χ2n) is 7.01. The number of benzene rings is 2. The first-order valence-electron chi connectivity index (χ1n) is 9.19. The summed E-state index contributed by atoms with van der Waals surface area (Å²) in [7, 11) is 0. The lowest BCUT2D eigenvalue weighted by Crippen LogP contribution is -2.43. The van der Waals surface area contributed by atoms with E-state index in [1.807, 2.05) is 69.3 Å². The van der Waals surface area contributed by atoms with Crippen molar-refractivity contribution < 1.29 is 14.7 Å². The van der Waals surface area contributed by atoms with E-state index in [4.69, 9.17) is 4.99 Å². The third-order valence-corrected chi connectivity index (χ3v) is 5.01. The monoisotopic (exact) mass is 364 g/mol. The minimum absolute atomic E-state index is 0.00270. The van der Waals surface area contributed by atoms with Gasteiger partial charge in [0.1, 0.15) is 12.6 Å². The van der Waals surface area contributed by atoms with Crippen LogP contribution in [0.1, 0.15) is 37.0 Å². The van der Waals surface area contributed by atoms with E-state index in [0.29, 0.717) is 5.69 Å². The van der Waals surface area contributed by atoms with E-state index >= 15 is 0 Å². The van der Waals surface area contributed by atoms with Crippen LogP contribution < -0.4 is 4.90 Å². The Balaban J connectivity index is 2.27. The van der Waals surface area contributed by atoms with Gasteiger partial charge in [0.25, 0.3) is 5.91 Å². The molecule has 1 aliphatic heterocycles. The van der Waals surface area contributed by atoms with Gasteiger partial charge in [0.15, 0.2) is 0 Å². The molecule has 2 aromatic carbocycles. The number of nitrogens with zero attached hydrogens (tertiary/aromatic N) is 2. The molecule has 0 aliphatic carbocycles. The predicted octanol–water partition coefficient (Wildman–Crippen LogP) is 3.68. The van der Waals surface area contributed by atoms with E-state index in [2.05, 4.69) is 0 Å². The maximum atomic E-state index is 13.3. The van der Waals surface area contributed by atoms with Gasteiger partial charge in [-0.05, 0) is 25.0 Å². The molecular weight excluding hydrogens is 340 g/mol. The SMILES string of the molecule is CC[C@H](C)[C@@H]1N=C(c2ccccc2)c2cc(C)ccc2N(CC(=O)O)C1=O. The standard InChI is InChI=1S/C22H24N2O3/c1-4-15(3)20-22(27)24(13-19(25)26)18-11-10-14(2)12-17(18)21(23-20)16-8-6-5-7-9-16/h5-12,15,20H,4,13H2,1-3H3,(H,25,26)/t15-,20-/m0/s1. The molecule has 140 valence electrons. The van der Waals surface area contributed by atoms with Gasteiger partial charge in [0.2, 0.25) is 0 Å². The van der Waals surface area contributed by atoms with Crippen LogP contribution in [-0.2, 0) is 9.59 Å². The van der Waals surface area contributed by atoms with Crippen molar-refractivity contribution in [3.8, 4) is 0 Å². The molecule has 0 saturated heterocycles. The molecule has 1 N–H and O–H groups in total. The molecule has 0 spiro atoms. The maximum absolute atomic E-state index is 13.3. The fraction of sp³-hybridized carbons (Fsp3) is 0.318. The molecule has 5 heteroatoms. The summed E-state index contributed by atoms with van der Waals surface area (Å²) in [5.41, 5.74) is 4.08. The summed E-state index contributed by atoms with van der Waals surface area (Å²) in [5, 5.41) is 9.39. The number of carboxylic acids is 1. The highest BCUT2D eigenvalue weighted by atomic mass is 16.4. The third-order valence-electron chi connectivity index (χ3n) is 5.01. The summed E-state index contributed by atoms with van der Waals surface area (Å²) in [6.45, 7) is 5.59. The van der Waals surface area contributed by atoms with E-state index in [9.17, 15) is 14.7 Å². The Labute approximate surface area is 159 Å². The van der Waals surface area contributed by atoms with Gasteiger partial charge in [0, 0.05) is 11.1 Å². The van der Waals surface area contributed by atoms with E-state index in [1.54, 1.807) is 0 Å². The van der Waals surface area contributed by atoms with Crippen LogP contribution in [0.3, 0.4) is 0 Å². The largest absolute Gasteiger partial charge is 0.480 e. The smallest absolute Gasteiger partial charge is 0.323 e. The first-order valence-corrected chi connectivity index (χ1v) is 9.19. The van der Waals surface area contributed by atoms with Gasteiger partial charge in [-0.1, -0.05) is 62.2 Å². The Hall–Kier alpha value is -2.95. The van der Waals surface area contributed by atoms with Crippen molar-refractivity contribution in [2.24, 2.45) is 10.9 Å². The number of hydrogen-bond donors (Lipinski definition) is 1. The highest BCUT2D eigenvalue weighted by Crippen LogP contribution is 2.31. The van der Waals surface area contributed by atoms with Crippen molar-refractivity contribution in [1.29, 1.82) is 0 Å². The number of anilines is 1. The number of carboxylic acid groups (broad SMARTS) is 1. The van der Waals surface area contributed by atoms with Crippen LogP contribution in [0.2, 0.25) is 0 Å². The maximum Gasteiger partial charge on any atom is 0.323 e. The van der Waals surface area contributed by atoms with E-state index < -0.39 is 12.0 Å². The number of aryl methyl sites for hydroxylation is 1. The number of benzodiazepines with no additional fused rings is 1. The van der Waals surface area contributed by atoms with Gasteiger partial charge >= 0.3 is 5.97 Å². The number of aliphatic carboxylic acids is 1. The van der Waals surface area contributed by atoms with Crippen LogP contribution >= 0.6 is 0 Å². The molecule has 3 rings (SSSR count).